The Morgan fingerprint density at radius 1 is 0.808 bits per heavy atom. The number of carbonyl (C=O) groups excluding carboxylic acids is 1. The molecule has 0 unspecified atom stereocenters. The molecular weight excluding hydrogens is 332 g/mol. The topological polar surface area (TPSA) is 54.0 Å². The predicted molar refractivity (Wildman–Crippen MR) is 103 cm³/mol. The van der Waals surface area contributed by atoms with Gasteiger partial charge in [0.05, 0.1) is 26.4 Å². The fourth-order valence-electron chi connectivity index (χ4n) is 2.28. The van der Waals surface area contributed by atoms with E-state index in [2.05, 4.69) is 6.92 Å². The van der Waals surface area contributed by atoms with Gasteiger partial charge in [0.1, 0.15) is 12.4 Å². The second-order valence-electron chi connectivity index (χ2n) is 6.27. The average Bonchev–Trinajstić information content (AvgIpc) is 2.65. The molecule has 0 N–H and O–H groups in total. The molecule has 0 fully saturated rings. The van der Waals surface area contributed by atoms with Crippen LogP contribution in [-0.4, -0.2) is 45.6 Å². The molecule has 0 saturated heterocycles. The summed E-state index contributed by atoms with van der Waals surface area (Å²) in [6.07, 6.45) is 5.83. The van der Waals surface area contributed by atoms with E-state index in [0.717, 1.165) is 18.8 Å². The minimum atomic E-state index is -0.215. The first-order valence-electron chi connectivity index (χ1n) is 9.73. The van der Waals surface area contributed by atoms with Crippen molar-refractivity contribution in [1.29, 1.82) is 0 Å². The second-order valence-corrected chi connectivity index (χ2v) is 6.27. The summed E-state index contributed by atoms with van der Waals surface area (Å²) in [4.78, 5) is 11.6. The van der Waals surface area contributed by atoms with Crippen molar-refractivity contribution in [1.82, 2.24) is 0 Å². The van der Waals surface area contributed by atoms with E-state index in [-0.39, 0.29) is 12.6 Å². The van der Waals surface area contributed by atoms with E-state index in [4.69, 9.17) is 18.9 Å². The third-order valence-electron chi connectivity index (χ3n) is 3.82. The molecular formula is C21H34O5. The molecule has 26 heavy (non-hydrogen) atoms. The molecule has 0 aliphatic heterocycles. The largest absolute Gasteiger partial charge is 0.494 e. The van der Waals surface area contributed by atoms with E-state index in [1.807, 2.05) is 31.2 Å². The Hall–Kier alpha value is -1.59. The lowest BCUT2D eigenvalue weighted by atomic mass is 10.2. The van der Waals surface area contributed by atoms with Crippen LogP contribution >= 0.6 is 0 Å². The maximum Gasteiger partial charge on any atom is 0.305 e. The summed E-state index contributed by atoms with van der Waals surface area (Å²) in [5, 5.41) is 0. The molecule has 0 heterocycles. The summed E-state index contributed by atoms with van der Waals surface area (Å²) >= 11 is 0. The van der Waals surface area contributed by atoms with Crippen LogP contribution in [0, 0.1) is 6.92 Å². The van der Waals surface area contributed by atoms with Crippen molar-refractivity contribution in [3.8, 4) is 5.75 Å². The van der Waals surface area contributed by atoms with Crippen LogP contribution in [0.5, 0.6) is 5.75 Å². The highest BCUT2D eigenvalue weighted by atomic mass is 16.6. The molecule has 0 spiro atoms. The van der Waals surface area contributed by atoms with Crippen LogP contribution in [0.4, 0.5) is 0 Å². The number of carbonyl (C=O) groups is 1. The van der Waals surface area contributed by atoms with Gasteiger partial charge in [-0.15, -0.1) is 0 Å². The first-order chi connectivity index (χ1) is 12.7. The van der Waals surface area contributed by atoms with Gasteiger partial charge in [0.15, 0.2) is 0 Å². The van der Waals surface area contributed by atoms with Gasteiger partial charge >= 0.3 is 5.97 Å². The molecule has 0 saturated carbocycles. The molecule has 0 aromatic heterocycles. The van der Waals surface area contributed by atoms with Crippen LogP contribution in [0.15, 0.2) is 24.3 Å². The van der Waals surface area contributed by atoms with E-state index >= 15 is 0 Å². The number of aryl methyl sites for hydroxylation is 1. The Labute approximate surface area is 158 Å². The van der Waals surface area contributed by atoms with Gasteiger partial charge in [-0.3, -0.25) is 4.79 Å². The van der Waals surface area contributed by atoms with Crippen LogP contribution in [-0.2, 0) is 19.0 Å². The Kier molecular flexibility index (Phi) is 13.5. The average molecular weight is 366 g/mol. The van der Waals surface area contributed by atoms with Gasteiger partial charge < -0.3 is 18.9 Å². The highest BCUT2D eigenvalue weighted by Crippen LogP contribution is 2.11. The van der Waals surface area contributed by atoms with Gasteiger partial charge in [-0.05, 0) is 31.9 Å². The molecule has 0 aliphatic rings. The van der Waals surface area contributed by atoms with E-state index in [1.165, 1.54) is 24.8 Å². The van der Waals surface area contributed by atoms with Crippen LogP contribution in [0.3, 0.4) is 0 Å². The van der Waals surface area contributed by atoms with E-state index in [1.54, 1.807) is 0 Å². The van der Waals surface area contributed by atoms with Crippen LogP contribution in [0.25, 0.3) is 0 Å². The number of unbranched alkanes of at least 4 members (excludes halogenated alkanes) is 3. The molecule has 1 aromatic rings. The summed E-state index contributed by atoms with van der Waals surface area (Å²) in [6.45, 7) is 7.35. The molecule has 0 atom stereocenters. The lowest BCUT2D eigenvalue weighted by Gasteiger charge is -2.08. The fraction of sp³-hybridized carbons (Fsp3) is 0.667. The SMILES string of the molecule is CCCCCCOCCOCCOC(=O)CCCOc1ccc(C)cc1. The van der Waals surface area contributed by atoms with Crippen molar-refractivity contribution < 1.29 is 23.7 Å². The summed E-state index contributed by atoms with van der Waals surface area (Å²) < 4.78 is 21.5. The van der Waals surface area contributed by atoms with Gasteiger partial charge in [-0.2, -0.15) is 0 Å². The zero-order chi connectivity index (χ0) is 18.9. The zero-order valence-corrected chi connectivity index (χ0v) is 16.3. The second kappa shape index (κ2) is 15.6. The van der Waals surface area contributed by atoms with E-state index < -0.39 is 0 Å². The quantitative estimate of drug-likeness (QED) is 0.322. The monoisotopic (exact) mass is 366 g/mol. The first kappa shape index (κ1) is 22.5. The van der Waals surface area contributed by atoms with E-state index in [9.17, 15) is 4.79 Å². The Morgan fingerprint density at radius 3 is 2.23 bits per heavy atom. The molecule has 0 bridgehead atoms. The van der Waals surface area contributed by atoms with E-state index in [0.29, 0.717) is 39.3 Å². The summed E-state index contributed by atoms with van der Waals surface area (Å²) in [5.41, 5.74) is 1.20. The normalized spacial score (nSPS) is 10.7. The maximum atomic E-state index is 11.6. The first-order valence-corrected chi connectivity index (χ1v) is 9.73. The third kappa shape index (κ3) is 12.7. The Morgan fingerprint density at radius 2 is 1.50 bits per heavy atom. The van der Waals surface area contributed by atoms with Gasteiger partial charge in [0.2, 0.25) is 0 Å². The van der Waals surface area contributed by atoms with Crippen LogP contribution < -0.4 is 4.74 Å². The predicted octanol–water partition coefficient (Wildman–Crippen LogP) is 4.31. The summed E-state index contributed by atoms with van der Waals surface area (Å²) in [5.74, 6) is 0.609. The molecule has 0 amide bonds. The molecule has 1 aromatic carbocycles. The lowest BCUT2D eigenvalue weighted by Crippen LogP contribution is -2.13. The highest BCUT2D eigenvalue weighted by molar-refractivity contribution is 5.69. The van der Waals surface area contributed by atoms with Crippen molar-refractivity contribution in [2.24, 2.45) is 0 Å². The lowest BCUT2D eigenvalue weighted by molar-refractivity contribution is -0.145. The Bertz CT molecular complexity index is 458. The van der Waals surface area contributed by atoms with Crippen LogP contribution in [0.1, 0.15) is 51.0 Å². The molecule has 0 radical (unpaired) electrons. The van der Waals surface area contributed by atoms with Gasteiger partial charge in [0.25, 0.3) is 0 Å². The molecule has 1 rings (SSSR count). The molecule has 5 heteroatoms. The number of hydrogen-bond acceptors (Lipinski definition) is 5. The minimum Gasteiger partial charge on any atom is -0.494 e. The number of ether oxygens (including phenoxy) is 4. The number of benzene rings is 1. The maximum absolute atomic E-state index is 11.6. The summed E-state index contributed by atoms with van der Waals surface area (Å²) in [7, 11) is 0. The van der Waals surface area contributed by atoms with Crippen LogP contribution in [0.2, 0.25) is 0 Å². The van der Waals surface area contributed by atoms with Crippen molar-refractivity contribution >= 4 is 5.97 Å². The third-order valence-corrected chi connectivity index (χ3v) is 3.82. The van der Waals surface area contributed by atoms with Crippen molar-refractivity contribution in [2.75, 3.05) is 39.6 Å². The zero-order valence-electron chi connectivity index (χ0n) is 16.3. The molecule has 5 nitrogen and oxygen atoms in total. The van der Waals surface area contributed by atoms with Crippen molar-refractivity contribution in [3.05, 3.63) is 29.8 Å². The van der Waals surface area contributed by atoms with Crippen molar-refractivity contribution in [3.63, 3.8) is 0 Å². The smallest absolute Gasteiger partial charge is 0.305 e. The number of hydrogen-bond donors (Lipinski definition) is 0. The van der Waals surface area contributed by atoms with Gasteiger partial charge in [0, 0.05) is 13.0 Å². The fourth-order valence-corrected chi connectivity index (χ4v) is 2.28. The Balaban J connectivity index is 1.84. The minimum absolute atomic E-state index is 0.215. The van der Waals surface area contributed by atoms with Gasteiger partial charge in [-0.1, -0.05) is 43.9 Å². The summed E-state index contributed by atoms with van der Waals surface area (Å²) in [6, 6.07) is 7.86. The van der Waals surface area contributed by atoms with Crippen molar-refractivity contribution in [2.45, 2.75) is 52.4 Å². The molecule has 148 valence electrons. The number of rotatable bonds is 16. The number of esters is 1. The van der Waals surface area contributed by atoms with Gasteiger partial charge in [-0.25, -0.2) is 0 Å². The highest BCUT2D eigenvalue weighted by Gasteiger charge is 2.03. The standard InChI is InChI=1S/C21H34O5/c1-3-4-5-6-13-23-15-16-24-17-18-26-21(22)8-7-14-25-20-11-9-19(2)10-12-20/h9-12H,3-8,13-18H2,1-2H3. The molecule has 0 aliphatic carbocycles.